The Balaban J connectivity index is 1.79. The first-order valence-corrected chi connectivity index (χ1v) is 10.6. The van der Waals surface area contributed by atoms with Crippen molar-refractivity contribution in [1.82, 2.24) is 14.3 Å². The molecule has 1 N–H and O–H groups in total. The lowest BCUT2D eigenvalue weighted by Gasteiger charge is -2.35. The second kappa shape index (κ2) is 8.15. The number of benzene rings is 1. The van der Waals surface area contributed by atoms with Crippen LogP contribution in [0.5, 0.6) is 0 Å². The number of sulfonamides is 1. The highest BCUT2D eigenvalue weighted by Crippen LogP contribution is 2.35. The van der Waals surface area contributed by atoms with Crippen molar-refractivity contribution in [2.45, 2.75) is 24.9 Å². The average molecular weight is 429 g/mol. The fraction of sp³-hybridized carbons (Fsp3) is 0.444. The van der Waals surface area contributed by atoms with E-state index in [0.29, 0.717) is 37.1 Å². The van der Waals surface area contributed by atoms with Crippen molar-refractivity contribution in [1.29, 1.82) is 0 Å². The first kappa shape index (κ1) is 21.3. The number of hydrogen-bond acceptors (Lipinski definition) is 6. The van der Waals surface area contributed by atoms with Crippen LogP contribution in [0.25, 0.3) is 0 Å². The summed E-state index contributed by atoms with van der Waals surface area (Å²) in [4.78, 5) is 9.86. The molecule has 0 saturated carbocycles. The molecule has 0 bridgehead atoms. The predicted octanol–water partition coefficient (Wildman–Crippen LogP) is 2.75. The summed E-state index contributed by atoms with van der Waals surface area (Å²) in [5.74, 6) is 1.90. The Hall–Kier alpha value is -2.40. The number of alkyl halides is 3. The molecule has 7 nitrogen and oxygen atoms in total. The maximum atomic E-state index is 13.3. The number of nitrogens with one attached hydrogen (secondary N) is 1. The maximum absolute atomic E-state index is 13.3. The molecule has 0 atom stereocenters. The van der Waals surface area contributed by atoms with E-state index >= 15 is 0 Å². The van der Waals surface area contributed by atoms with Gasteiger partial charge in [0, 0.05) is 38.8 Å². The van der Waals surface area contributed by atoms with Gasteiger partial charge in [0.05, 0.1) is 10.5 Å². The van der Waals surface area contributed by atoms with Crippen LogP contribution in [-0.2, 0) is 16.2 Å². The van der Waals surface area contributed by atoms with Gasteiger partial charge in [-0.2, -0.15) is 17.5 Å². The van der Waals surface area contributed by atoms with Crippen molar-refractivity contribution in [3.63, 3.8) is 0 Å². The van der Waals surface area contributed by atoms with E-state index in [0.717, 1.165) is 16.4 Å². The largest absolute Gasteiger partial charge is 0.417 e. The van der Waals surface area contributed by atoms with Crippen molar-refractivity contribution < 1.29 is 21.6 Å². The number of aryl methyl sites for hydroxylation is 1. The Kier molecular flexibility index (Phi) is 5.99. The zero-order valence-corrected chi connectivity index (χ0v) is 16.9. The number of piperazine rings is 1. The minimum absolute atomic E-state index is 0.0636. The molecule has 1 fully saturated rings. The van der Waals surface area contributed by atoms with Crippen LogP contribution in [0.2, 0.25) is 0 Å². The van der Waals surface area contributed by atoms with Gasteiger partial charge < -0.3 is 10.2 Å². The van der Waals surface area contributed by atoms with Gasteiger partial charge in [-0.05, 0) is 26.0 Å². The van der Waals surface area contributed by atoms with Gasteiger partial charge in [-0.25, -0.2) is 18.4 Å². The molecule has 0 amide bonds. The lowest BCUT2D eigenvalue weighted by Crippen LogP contribution is -2.49. The van der Waals surface area contributed by atoms with E-state index in [1.165, 1.54) is 12.1 Å². The van der Waals surface area contributed by atoms with Crippen molar-refractivity contribution in [2.75, 3.05) is 42.9 Å². The number of hydrogen-bond donors (Lipinski definition) is 1. The van der Waals surface area contributed by atoms with Gasteiger partial charge in [-0.1, -0.05) is 12.1 Å². The van der Waals surface area contributed by atoms with E-state index in [2.05, 4.69) is 15.3 Å². The molecule has 1 aromatic carbocycles. The van der Waals surface area contributed by atoms with Crippen molar-refractivity contribution >= 4 is 21.7 Å². The number of anilines is 2. The van der Waals surface area contributed by atoms with Crippen LogP contribution in [0.4, 0.5) is 24.8 Å². The normalized spacial score (nSPS) is 16.1. The van der Waals surface area contributed by atoms with Gasteiger partial charge in [-0.3, -0.25) is 0 Å². The van der Waals surface area contributed by atoms with E-state index < -0.39 is 26.7 Å². The SMILES string of the molecule is CCNc1cc(N2CCN(S(=O)(=O)c3ccccc3C(F)(F)F)CC2)nc(C)n1. The minimum Gasteiger partial charge on any atom is -0.370 e. The Morgan fingerprint density at radius 3 is 2.38 bits per heavy atom. The first-order valence-electron chi connectivity index (χ1n) is 9.14. The van der Waals surface area contributed by atoms with Gasteiger partial charge in [-0.15, -0.1) is 0 Å². The van der Waals surface area contributed by atoms with E-state index in [1.807, 2.05) is 11.8 Å². The molecule has 29 heavy (non-hydrogen) atoms. The predicted molar refractivity (Wildman–Crippen MR) is 103 cm³/mol. The monoisotopic (exact) mass is 429 g/mol. The van der Waals surface area contributed by atoms with E-state index in [-0.39, 0.29) is 13.1 Å². The molecular formula is C18H22F3N5O2S. The van der Waals surface area contributed by atoms with E-state index in [9.17, 15) is 21.6 Å². The van der Waals surface area contributed by atoms with Crippen LogP contribution in [0.1, 0.15) is 18.3 Å². The topological polar surface area (TPSA) is 78.4 Å². The number of nitrogens with zero attached hydrogens (tertiary/aromatic N) is 4. The molecule has 2 aromatic rings. The summed E-state index contributed by atoms with van der Waals surface area (Å²) in [6.45, 7) is 5.16. The van der Waals surface area contributed by atoms with Crippen LogP contribution >= 0.6 is 0 Å². The summed E-state index contributed by atoms with van der Waals surface area (Å²) in [5, 5.41) is 3.11. The van der Waals surface area contributed by atoms with E-state index in [1.54, 1.807) is 13.0 Å². The summed E-state index contributed by atoms with van der Waals surface area (Å²) in [6.07, 6.45) is -4.74. The smallest absolute Gasteiger partial charge is 0.370 e. The molecule has 1 aliphatic heterocycles. The summed E-state index contributed by atoms with van der Waals surface area (Å²) in [7, 11) is -4.26. The van der Waals surface area contributed by atoms with Crippen LogP contribution in [0.3, 0.4) is 0 Å². The van der Waals surface area contributed by atoms with Gasteiger partial charge in [0.25, 0.3) is 0 Å². The number of aromatic nitrogens is 2. The summed E-state index contributed by atoms with van der Waals surface area (Å²) < 4.78 is 66.6. The fourth-order valence-electron chi connectivity index (χ4n) is 3.21. The Morgan fingerprint density at radius 2 is 1.76 bits per heavy atom. The van der Waals surface area contributed by atoms with Crippen molar-refractivity contribution in [2.24, 2.45) is 0 Å². The molecule has 1 saturated heterocycles. The van der Waals surface area contributed by atoms with Crippen LogP contribution < -0.4 is 10.2 Å². The molecule has 1 aromatic heterocycles. The van der Waals surface area contributed by atoms with Gasteiger partial charge in [0.2, 0.25) is 10.0 Å². The third-order valence-electron chi connectivity index (χ3n) is 4.56. The van der Waals surface area contributed by atoms with E-state index in [4.69, 9.17) is 0 Å². The highest BCUT2D eigenvalue weighted by molar-refractivity contribution is 7.89. The Labute approximate surface area is 167 Å². The molecule has 11 heteroatoms. The molecule has 1 aliphatic rings. The molecule has 2 heterocycles. The van der Waals surface area contributed by atoms with Gasteiger partial charge in [0.15, 0.2) is 0 Å². The molecule has 0 radical (unpaired) electrons. The minimum atomic E-state index is -4.74. The number of halogens is 3. The lowest BCUT2D eigenvalue weighted by molar-refractivity contribution is -0.139. The molecule has 0 aliphatic carbocycles. The third-order valence-corrected chi connectivity index (χ3v) is 6.51. The zero-order valence-electron chi connectivity index (χ0n) is 16.1. The Bertz CT molecular complexity index is 974. The zero-order chi connectivity index (χ0) is 21.2. The third kappa shape index (κ3) is 4.61. The lowest BCUT2D eigenvalue weighted by atomic mass is 10.2. The fourth-order valence-corrected chi connectivity index (χ4v) is 4.84. The first-order chi connectivity index (χ1) is 13.6. The number of rotatable bonds is 5. The van der Waals surface area contributed by atoms with Crippen molar-refractivity contribution in [3.05, 3.63) is 41.7 Å². The summed E-state index contributed by atoms with van der Waals surface area (Å²) >= 11 is 0. The highest BCUT2D eigenvalue weighted by Gasteiger charge is 2.39. The van der Waals surface area contributed by atoms with Gasteiger partial charge in [0.1, 0.15) is 17.5 Å². The molecule has 0 unspecified atom stereocenters. The standard InChI is InChI=1S/C18H22F3N5O2S/c1-3-22-16-12-17(24-13(2)23-16)25-8-10-26(11-9-25)29(27,28)15-7-5-4-6-14(15)18(19,20)21/h4-7,12H,3,8-11H2,1-2H3,(H,22,23,24). The van der Waals surface area contributed by atoms with Crippen LogP contribution in [0.15, 0.2) is 35.2 Å². The average Bonchev–Trinajstić information content (AvgIpc) is 2.67. The summed E-state index contributed by atoms with van der Waals surface area (Å²) in [5.41, 5.74) is -1.15. The quantitative estimate of drug-likeness (QED) is 0.788. The second-order valence-corrected chi connectivity index (χ2v) is 8.48. The summed E-state index contributed by atoms with van der Waals surface area (Å²) in [6, 6.07) is 6.04. The maximum Gasteiger partial charge on any atom is 0.417 e. The molecule has 3 rings (SSSR count). The van der Waals surface area contributed by atoms with Gasteiger partial charge >= 0.3 is 6.18 Å². The molecular weight excluding hydrogens is 407 g/mol. The Morgan fingerprint density at radius 1 is 1.10 bits per heavy atom. The van der Waals surface area contributed by atoms with Crippen molar-refractivity contribution in [3.8, 4) is 0 Å². The van der Waals surface area contributed by atoms with Crippen LogP contribution in [0, 0.1) is 6.92 Å². The highest BCUT2D eigenvalue weighted by atomic mass is 32.2. The molecule has 0 spiro atoms. The molecule has 158 valence electrons. The van der Waals surface area contributed by atoms with Crippen LogP contribution in [-0.4, -0.2) is 55.4 Å². The second-order valence-electron chi connectivity index (χ2n) is 6.57.